The molecule has 0 bridgehead atoms. The summed E-state index contributed by atoms with van der Waals surface area (Å²) in [5.74, 6) is 0.701. The predicted molar refractivity (Wildman–Crippen MR) is 56.6 cm³/mol. The van der Waals surface area contributed by atoms with Crippen molar-refractivity contribution < 1.29 is 0 Å². The highest BCUT2D eigenvalue weighted by Gasteiger charge is 2.05. The smallest absolute Gasteiger partial charge is 0.195 e. The molecule has 0 aliphatic heterocycles. The molecule has 72 valence electrons. The molecule has 0 fully saturated rings. The Labute approximate surface area is 90.6 Å². The Morgan fingerprint density at radius 1 is 1.50 bits per heavy atom. The van der Waals surface area contributed by atoms with Gasteiger partial charge in [-0.3, -0.25) is 10.1 Å². The number of aromatic nitrogens is 4. The van der Waals surface area contributed by atoms with Gasteiger partial charge in [-0.15, -0.1) is 0 Å². The topological polar surface area (TPSA) is 46.5 Å². The van der Waals surface area contributed by atoms with Crippen LogP contribution in [0.25, 0.3) is 11.5 Å². The van der Waals surface area contributed by atoms with Crippen molar-refractivity contribution in [3.63, 3.8) is 0 Å². The first kappa shape index (κ1) is 9.36. The van der Waals surface area contributed by atoms with Crippen LogP contribution >= 0.6 is 23.8 Å². The number of halogens is 1. The summed E-state index contributed by atoms with van der Waals surface area (Å²) in [5.41, 5.74) is 0.740. The average Bonchev–Trinajstić information content (AvgIpc) is 2.50. The summed E-state index contributed by atoms with van der Waals surface area (Å²) in [6, 6.07) is 3.56. The fourth-order valence-electron chi connectivity index (χ4n) is 1.08. The molecule has 14 heavy (non-hydrogen) atoms. The van der Waals surface area contributed by atoms with Crippen LogP contribution in [0.3, 0.4) is 0 Å². The molecule has 0 aromatic carbocycles. The molecule has 1 N–H and O–H groups in total. The highest BCUT2D eigenvalue weighted by molar-refractivity contribution is 7.71. The number of pyridine rings is 1. The van der Waals surface area contributed by atoms with E-state index in [9.17, 15) is 0 Å². The van der Waals surface area contributed by atoms with Crippen molar-refractivity contribution in [2.75, 3.05) is 0 Å². The van der Waals surface area contributed by atoms with Crippen molar-refractivity contribution >= 4 is 23.8 Å². The van der Waals surface area contributed by atoms with Crippen LogP contribution in [0.5, 0.6) is 0 Å². The first-order valence-electron chi connectivity index (χ1n) is 3.92. The Balaban J connectivity index is 2.55. The minimum atomic E-state index is 0.566. The van der Waals surface area contributed by atoms with Gasteiger partial charge in [0.1, 0.15) is 5.69 Å². The van der Waals surface area contributed by atoms with Gasteiger partial charge in [-0.1, -0.05) is 11.6 Å². The third kappa shape index (κ3) is 1.56. The normalized spacial score (nSPS) is 10.4. The molecule has 0 saturated heterocycles. The van der Waals surface area contributed by atoms with Crippen molar-refractivity contribution in [1.29, 1.82) is 0 Å². The predicted octanol–water partition coefficient (Wildman–Crippen LogP) is 2.19. The lowest BCUT2D eigenvalue weighted by molar-refractivity contribution is 0.897. The van der Waals surface area contributed by atoms with E-state index in [1.54, 1.807) is 22.9 Å². The Hall–Kier alpha value is -1.20. The molecular formula is C8H7ClN4S. The van der Waals surface area contributed by atoms with E-state index in [0.717, 1.165) is 5.69 Å². The third-order valence-corrected chi connectivity index (χ3v) is 2.43. The fourth-order valence-corrected chi connectivity index (χ4v) is 1.33. The van der Waals surface area contributed by atoms with Gasteiger partial charge in [0.15, 0.2) is 10.6 Å². The van der Waals surface area contributed by atoms with E-state index in [2.05, 4.69) is 15.2 Å². The van der Waals surface area contributed by atoms with Crippen LogP contribution in [0.2, 0.25) is 5.02 Å². The van der Waals surface area contributed by atoms with Crippen LogP contribution in [-0.2, 0) is 7.05 Å². The lowest BCUT2D eigenvalue weighted by atomic mass is 10.3. The highest BCUT2D eigenvalue weighted by atomic mass is 35.5. The van der Waals surface area contributed by atoms with Crippen LogP contribution in [0.4, 0.5) is 0 Å². The van der Waals surface area contributed by atoms with Crippen molar-refractivity contribution in [3.8, 4) is 11.5 Å². The monoisotopic (exact) mass is 226 g/mol. The van der Waals surface area contributed by atoms with Gasteiger partial charge >= 0.3 is 0 Å². The number of nitrogens with one attached hydrogen (secondary N) is 1. The quantitative estimate of drug-likeness (QED) is 0.759. The van der Waals surface area contributed by atoms with E-state index in [0.29, 0.717) is 15.6 Å². The van der Waals surface area contributed by atoms with Gasteiger partial charge in [-0.05, 0) is 24.4 Å². The molecular weight excluding hydrogens is 220 g/mol. The summed E-state index contributed by atoms with van der Waals surface area (Å²) in [6.07, 6.45) is 1.58. The highest BCUT2D eigenvalue weighted by Crippen LogP contribution is 2.15. The zero-order valence-corrected chi connectivity index (χ0v) is 8.93. The maximum absolute atomic E-state index is 5.73. The first-order chi connectivity index (χ1) is 6.68. The molecule has 0 aliphatic carbocycles. The fraction of sp³-hybridized carbons (Fsp3) is 0.125. The number of hydrogen-bond acceptors (Lipinski definition) is 3. The largest absolute Gasteiger partial charge is 0.302 e. The number of H-pyrrole nitrogens is 1. The summed E-state index contributed by atoms with van der Waals surface area (Å²) in [6.45, 7) is 0. The molecule has 4 nitrogen and oxygen atoms in total. The molecule has 2 rings (SSSR count). The second kappa shape index (κ2) is 3.51. The van der Waals surface area contributed by atoms with Gasteiger partial charge in [0.2, 0.25) is 0 Å². The Morgan fingerprint density at radius 2 is 2.29 bits per heavy atom. The summed E-state index contributed by atoms with van der Waals surface area (Å²) in [7, 11) is 1.83. The minimum absolute atomic E-state index is 0.566. The van der Waals surface area contributed by atoms with Crippen LogP contribution < -0.4 is 0 Å². The van der Waals surface area contributed by atoms with Crippen molar-refractivity contribution in [2.45, 2.75) is 0 Å². The molecule has 0 atom stereocenters. The molecule has 2 aromatic heterocycles. The maximum Gasteiger partial charge on any atom is 0.195 e. The number of rotatable bonds is 1. The minimum Gasteiger partial charge on any atom is -0.302 e. The van der Waals surface area contributed by atoms with Crippen molar-refractivity contribution in [3.05, 3.63) is 28.1 Å². The lowest BCUT2D eigenvalue weighted by Gasteiger charge is -1.98. The summed E-state index contributed by atoms with van der Waals surface area (Å²) >= 11 is 10.7. The van der Waals surface area contributed by atoms with Crippen LogP contribution in [0, 0.1) is 4.77 Å². The molecule has 2 heterocycles. The first-order valence-corrected chi connectivity index (χ1v) is 4.70. The third-order valence-electron chi connectivity index (χ3n) is 1.84. The van der Waals surface area contributed by atoms with E-state index >= 15 is 0 Å². The molecule has 0 radical (unpaired) electrons. The second-order valence-electron chi connectivity index (χ2n) is 2.77. The van der Waals surface area contributed by atoms with E-state index in [4.69, 9.17) is 23.8 Å². The van der Waals surface area contributed by atoms with Gasteiger partial charge in [-0.25, -0.2) is 0 Å². The second-order valence-corrected chi connectivity index (χ2v) is 3.60. The zero-order chi connectivity index (χ0) is 10.1. The summed E-state index contributed by atoms with van der Waals surface area (Å²) < 4.78 is 2.32. The van der Waals surface area contributed by atoms with Crippen LogP contribution in [0.1, 0.15) is 0 Å². The number of nitrogens with zero attached hydrogens (tertiary/aromatic N) is 3. The molecule has 0 aliphatic rings. The van der Waals surface area contributed by atoms with Crippen LogP contribution in [-0.4, -0.2) is 19.7 Å². The van der Waals surface area contributed by atoms with E-state index in [1.165, 1.54) is 0 Å². The lowest BCUT2D eigenvalue weighted by Crippen LogP contribution is -1.94. The van der Waals surface area contributed by atoms with Gasteiger partial charge in [0.05, 0.1) is 5.02 Å². The Kier molecular flexibility index (Phi) is 2.35. The summed E-state index contributed by atoms with van der Waals surface area (Å²) in [4.78, 5) is 4.14. The van der Waals surface area contributed by atoms with Crippen LogP contribution in [0.15, 0.2) is 18.3 Å². The molecule has 0 amide bonds. The van der Waals surface area contributed by atoms with E-state index in [1.807, 2.05) is 7.05 Å². The molecule has 6 heteroatoms. The van der Waals surface area contributed by atoms with Gasteiger partial charge < -0.3 is 4.57 Å². The molecule has 0 spiro atoms. The van der Waals surface area contributed by atoms with Crippen molar-refractivity contribution in [2.24, 2.45) is 7.05 Å². The number of hydrogen-bond donors (Lipinski definition) is 1. The molecule has 0 unspecified atom stereocenters. The maximum atomic E-state index is 5.73. The average molecular weight is 227 g/mol. The van der Waals surface area contributed by atoms with Gasteiger partial charge in [-0.2, -0.15) is 5.10 Å². The Bertz CT molecular complexity index is 499. The standard InChI is InChI=1S/C8H7ClN4S/c1-13-7(11-12-8(13)14)6-3-2-5(9)4-10-6/h2-4H,1H3,(H,12,14). The SMILES string of the molecule is Cn1c(-c2ccc(Cl)cn2)n[nH]c1=S. The summed E-state index contributed by atoms with van der Waals surface area (Å²) in [5, 5.41) is 7.35. The van der Waals surface area contributed by atoms with E-state index in [-0.39, 0.29) is 0 Å². The zero-order valence-electron chi connectivity index (χ0n) is 7.36. The molecule has 2 aromatic rings. The van der Waals surface area contributed by atoms with Crippen molar-refractivity contribution in [1.82, 2.24) is 19.7 Å². The molecule has 0 saturated carbocycles. The van der Waals surface area contributed by atoms with Gasteiger partial charge in [0.25, 0.3) is 0 Å². The Morgan fingerprint density at radius 3 is 2.79 bits per heavy atom. The number of aromatic amines is 1. The van der Waals surface area contributed by atoms with E-state index < -0.39 is 0 Å². The van der Waals surface area contributed by atoms with Gasteiger partial charge in [0, 0.05) is 13.2 Å².